The molecule has 0 spiro atoms. The van der Waals surface area contributed by atoms with Crippen molar-refractivity contribution in [2.24, 2.45) is 0 Å². The van der Waals surface area contributed by atoms with Crippen LogP contribution in [0, 0.1) is 0 Å². The van der Waals surface area contributed by atoms with E-state index < -0.39 is 12.1 Å². The van der Waals surface area contributed by atoms with Gasteiger partial charge in [-0.2, -0.15) is 13.2 Å². The van der Waals surface area contributed by atoms with Gasteiger partial charge in [-0.1, -0.05) is 6.07 Å². The molecule has 2 rings (SSSR count). The van der Waals surface area contributed by atoms with Crippen LogP contribution >= 0.6 is 0 Å². The predicted octanol–water partition coefficient (Wildman–Crippen LogP) is 1.51. The Kier molecular flexibility index (Phi) is 2.74. The van der Waals surface area contributed by atoms with Gasteiger partial charge in [0.2, 0.25) is 0 Å². The first kappa shape index (κ1) is 11.4. The van der Waals surface area contributed by atoms with Crippen LogP contribution in [0.3, 0.4) is 0 Å². The highest BCUT2D eigenvalue weighted by atomic mass is 19.4. The van der Waals surface area contributed by atoms with Crippen molar-refractivity contribution in [2.45, 2.75) is 12.7 Å². The number of hydrogen-bond donors (Lipinski definition) is 1. The Labute approximate surface area is 94.1 Å². The van der Waals surface area contributed by atoms with E-state index in [2.05, 4.69) is 4.98 Å². The molecule has 0 unspecified atom stereocenters. The van der Waals surface area contributed by atoms with Gasteiger partial charge in [-0.25, -0.2) is 4.98 Å². The molecule has 1 amide bonds. The summed E-state index contributed by atoms with van der Waals surface area (Å²) in [5.74, 6) is -1.96. The first-order chi connectivity index (χ1) is 7.97. The number of carbonyl (C=O) groups excluding carboxylic acids is 1. The van der Waals surface area contributed by atoms with Crippen LogP contribution in [0.4, 0.5) is 13.2 Å². The average molecular weight is 243 g/mol. The number of nitrogens with zero attached hydrogens (tertiary/aromatic N) is 2. The molecule has 4 nitrogen and oxygen atoms in total. The average Bonchev–Trinajstić information content (AvgIpc) is 2.66. The van der Waals surface area contributed by atoms with Gasteiger partial charge in [0.15, 0.2) is 0 Å². The maximum Gasteiger partial charge on any atom is 0.471 e. The van der Waals surface area contributed by atoms with E-state index in [0.717, 1.165) is 0 Å². The third kappa shape index (κ3) is 2.55. The normalized spacial score (nSPS) is 11.7. The van der Waals surface area contributed by atoms with Crippen LogP contribution < -0.4 is 5.32 Å². The molecule has 0 fully saturated rings. The van der Waals surface area contributed by atoms with Gasteiger partial charge in [0.25, 0.3) is 0 Å². The highest BCUT2D eigenvalue weighted by molar-refractivity contribution is 5.81. The molecule has 2 aromatic heterocycles. The van der Waals surface area contributed by atoms with Crippen molar-refractivity contribution in [1.29, 1.82) is 0 Å². The molecule has 17 heavy (non-hydrogen) atoms. The van der Waals surface area contributed by atoms with Crippen molar-refractivity contribution in [2.75, 3.05) is 0 Å². The van der Waals surface area contributed by atoms with Crippen molar-refractivity contribution in [3.63, 3.8) is 0 Å². The zero-order valence-corrected chi connectivity index (χ0v) is 8.53. The molecular formula is C10H8F3N3O. The lowest BCUT2D eigenvalue weighted by Crippen LogP contribution is -2.36. The van der Waals surface area contributed by atoms with Crippen LogP contribution in [-0.4, -0.2) is 21.5 Å². The lowest BCUT2D eigenvalue weighted by molar-refractivity contribution is -0.173. The molecule has 0 aliphatic rings. The molecule has 7 heteroatoms. The van der Waals surface area contributed by atoms with E-state index in [1.807, 2.05) is 0 Å². The second kappa shape index (κ2) is 4.08. The molecule has 1 N–H and O–H groups in total. The number of aromatic nitrogens is 2. The second-order valence-electron chi connectivity index (χ2n) is 3.38. The Morgan fingerprint density at radius 3 is 2.82 bits per heavy atom. The minimum absolute atomic E-state index is 0.250. The van der Waals surface area contributed by atoms with Crippen molar-refractivity contribution in [3.05, 3.63) is 36.3 Å². The third-order valence-electron chi connectivity index (χ3n) is 2.10. The van der Waals surface area contributed by atoms with Gasteiger partial charge >= 0.3 is 12.1 Å². The molecule has 0 aliphatic carbocycles. The van der Waals surface area contributed by atoms with Gasteiger partial charge in [0.05, 0.1) is 12.2 Å². The van der Waals surface area contributed by atoms with E-state index in [1.54, 1.807) is 40.3 Å². The fourth-order valence-electron chi connectivity index (χ4n) is 1.34. The topological polar surface area (TPSA) is 46.4 Å². The van der Waals surface area contributed by atoms with Crippen LogP contribution in [0.2, 0.25) is 0 Å². The first-order valence-electron chi connectivity index (χ1n) is 4.74. The number of halogens is 3. The summed E-state index contributed by atoms with van der Waals surface area (Å²) in [6.07, 6.45) is -1.58. The second-order valence-corrected chi connectivity index (χ2v) is 3.38. The van der Waals surface area contributed by atoms with E-state index in [-0.39, 0.29) is 6.54 Å². The van der Waals surface area contributed by atoms with Gasteiger partial charge in [-0.15, -0.1) is 0 Å². The van der Waals surface area contributed by atoms with Crippen LogP contribution in [0.15, 0.2) is 30.6 Å². The van der Waals surface area contributed by atoms with Crippen molar-refractivity contribution >= 4 is 11.6 Å². The number of carbonyl (C=O) groups is 1. The van der Waals surface area contributed by atoms with Crippen LogP contribution in [0.25, 0.3) is 5.65 Å². The summed E-state index contributed by atoms with van der Waals surface area (Å²) in [5, 5.41) is 1.76. The Balaban J connectivity index is 2.07. The summed E-state index contributed by atoms with van der Waals surface area (Å²) < 4.78 is 37.4. The smallest absolute Gasteiger partial charge is 0.343 e. The molecule has 0 aliphatic heterocycles. The fraction of sp³-hybridized carbons (Fsp3) is 0.200. The van der Waals surface area contributed by atoms with Gasteiger partial charge in [0, 0.05) is 12.4 Å². The Morgan fingerprint density at radius 1 is 1.41 bits per heavy atom. The number of hydrogen-bond acceptors (Lipinski definition) is 2. The van der Waals surface area contributed by atoms with E-state index >= 15 is 0 Å². The third-order valence-corrected chi connectivity index (χ3v) is 2.10. The summed E-state index contributed by atoms with van der Waals surface area (Å²) in [6, 6.07) is 5.25. The molecule has 2 aromatic rings. The minimum atomic E-state index is -4.86. The van der Waals surface area contributed by atoms with E-state index in [0.29, 0.717) is 11.3 Å². The number of rotatable bonds is 2. The zero-order valence-electron chi connectivity index (χ0n) is 8.53. The molecule has 0 bridgehead atoms. The number of alkyl halides is 3. The van der Waals surface area contributed by atoms with Crippen LogP contribution in [0.1, 0.15) is 5.69 Å². The molecule has 0 atom stereocenters. The quantitative estimate of drug-likeness (QED) is 0.869. The van der Waals surface area contributed by atoms with Gasteiger partial charge in [-0.05, 0) is 12.1 Å². The number of fused-ring (bicyclic) bond motifs is 1. The standard InChI is InChI=1S/C10H8F3N3O/c11-10(12,13)9(17)14-5-7-6-16-4-2-1-3-8(16)15-7/h1-4,6H,5H2,(H,14,17). The minimum Gasteiger partial charge on any atom is -0.343 e. The summed E-state index contributed by atoms with van der Waals surface area (Å²) in [5.41, 5.74) is 0.984. The Bertz CT molecular complexity index is 514. The SMILES string of the molecule is O=C(NCc1cn2ccccc2n1)C(F)(F)F. The number of pyridine rings is 1. The van der Waals surface area contributed by atoms with Crippen molar-refractivity contribution in [3.8, 4) is 0 Å². The summed E-state index contributed by atoms with van der Waals surface area (Å²) in [7, 11) is 0. The van der Waals surface area contributed by atoms with Gasteiger partial charge in [0.1, 0.15) is 5.65 Å². The Hall–Kier alpha value is -2.05. The highest BCUT2D eigenvalue weighted by Crippen LogP contribution is 2.14. The number of imidazole rings is 1. The maximum absolute atomic E-state index is 11.9. The highest BCUT2D eigenvalue weighted by Gasteiger charge is 2.38. The summed E-state index contributed by atoms with van der Waals surface area (Å²) in [6.45, 7) is -0.250. The maximum atomic E-state index is 11.9. The number of amides is 1. The van der Waals surface area contributed by atoms with Crippen LogP contribution in [0.5, 0.6) is 0 Å². The van der Waals surface area contributed by atoms with Crippen LogP contribution in [-0.2, 0) is 11.3 Å². The molecule has 0 saturated heterocycles. The lowest BCUT2D eigenvalue weighted by Gasteiger charge is -2.05. The van der Waals surface area contributed by atoms with E-state index in [9.17, 15) is 18.0 Å². The zero-order chi connectivity index (χ0) is 12.5. The predicted molar refractivity (Wildman–Crippen MR) is 53.1 cm³/mol. The van der Waals surface area contributed by atoms with Gasteiger partial charge in [-0.3, -0.25) is 4.79 Å². The fourth-order valence-corrected chi connectivity index (χ4v) is 1.34. The largest absolute Gasteiger partial charge is 0.471 e. The van der Waals surface area contributed by atoms with Crippen molar-refractivity contribution < 1.29 is 18.0 Å². The van der Waals surface area contributed by atoms with E-state index in [1.165, 1.54) is 0 Å². The molecule has 90 valence electrons. The molecule has 0 saturated carbocycles. The number of nitrogens with one attached hydrogen (secondary N) is 1. The molecule has 0 aromatic carbocycles. The lowest BCUT2D eigenvalue weighted by atomic mass is 10.4. The van der Waals surface area contributed by atoms with Crippen molar-refractivity contribution in [1.82, 2.24) is 14.7 Å². The summed E-state index contributed by atoms with van der Waals surface area (Å²) >= 11 is 0. The Morgan fingerprint density at radius 2 is 2.18 bits per heavy atom. The summed E-state index contributed by atoms with van der Waals surface area (Å²) in [4.78, 5) is 14.6. The molecule has 2 heterocycles. The molecular weight excluding hydrogens is 235 g/mol. The monoisotopic (exact) mass is 243 g/mol. The van der Waals surface area contributed by atoms with E-state index in [4.69, 9.17) is 0 Å². The molecule has 0 radical (unpaired) electrons. The van der Waals surface area contributed by atoms with Gasteiger partial charge < -0.3 is 9.72 Å². The first-order valence-corrected chi connectivity index (χ1v) is 4.74.